The number of rotatable bonds is 6. The average Bonchev–Trinajstić information content (AvgIpc) is 3.46. The summed E-state index contributed by atoms with van der Waals surface area (Å²) < 4.78 is 47.4. The van der Waals surface area contributed by atoms with Crippen LogP contribution in [0.4, 0.5) is 13.2 Å². The van der Waals surface area contributed by atoms with Gasteiger partial charge < -0.3 is 9.64 Å². The average molecular weight is 544 g/mol. The second-order valence-electron chi connectivity index (χ2n) is 9.41. The molecule has 0 atom stereocenters. The van der Waals surface area contributed by atoms with Crippen LogP contribution in [0.3, 0.4) is 0 Å². The predicted molar refractivity (Wildman–Crippen MR) is 143 cm³/mol. The number of hydrogen-bond donors (Lipinski definition) is 0. The van der Waals surface area contributed by atoms with E-state index in [9.17, 15) is 18.0 Å². The van der Waals surface area contributed by atoms with Crippen molar-refractivity contribution >= 4 is 39.8 Å². The fraction of sp³-hybridized carbons (Fsp3) is 0.370. The van der Waals surface area contributed by atoms with Crippen LogP contribution >= 0.6 is 11.8 Å². The van der Waals surface area contributed by atoms with Crippen LogP contribution in [0, 0.1) is 6.92 Å². The molecule has 2 aliphatic rings. The lowest BCUT2D eigenvalue weighted by molar-refractivity contribution is -0.138. The van der Waals surface area contributed by atoms with E-state index in [1.54, 1.807) is 37.1 Å². The number of carbonyl (C=O) groups excluding carboxylic acids is 1. The van der Waals surface area contributed by atoms with Crippen LogP contribution in [0.2, 0.25) is 0 Å². The summed E-state index contributed by atoms with van der Waals surface area (Å²) in [6.45, 7) is 6.63. The standard InChI is InChI=1S/C27H28F3N5O2S/c1-18-3-5-20(22(13-18)27(28,29)30)17-35-23-6-4-19(14-21(23)16-31-35)15-24-25(36)32-26(38-24)34-9-7-33(8-10-34)11-12-37-2/h3-6,13-16H,7-12,17H2,1-2H3/b24-15-. The molecule has 0 spiro atoms. The maximum absolute atomic E-state index is 13.6. The molecule has 1 aromatic heterocycles. The van der Waals surface area contributed by atoms with E-state index in [-0.39, 0.29) is 18.0 Å². The smallest absolute Gasteiger partial charge is 0.383 e. The van der Waals surface area contributed by atoms with Crippen LogP contribution in [0.15, 0.2) is 52.5 Å². The Morgan fingerprint density at radius 2 is 1.89 bits per heavy atom. The Kier molecular flexibility index (Phi) is 7.60. The molecule has 0 saturated carbocycles. The number of halogens is 3. The molecule has 1 fully saturated rings. The summed E-state index contributed by atoms with van der Waals surface area (Å²) in [6, 6.07) is 9.89. The molecule has 0 radical (unpaired) electrons. The third-order valence-electron chi connectivity index (χ3n) is 6.72. The fourth-order valence-electron chi connectivity index (χ4n) is 4.64. The highest BCUT2D eigenvalue weighted by Crippen LogP contribution is 2.34. The Labute approximate surface area is 222 Å². The van der Waals surface area contributed by atoms with E-state index in [1.165, 1.54) is 23.9 Å². The molecule has 5 rings (SSSR count). The third-order valence-corrected chi connectivity index (χ3v) is 7.76. The summed E-state index contributed by atoms with van der Waals surface area (Å²) in [4.78, 5) is 21.9. The van der Waals surface area contributed by atoms with E-state index in [4.69, 9.17) is 4.74 Å². The van der Waals surface area contributed by atoms with Crippen molar-refractivity contribution in [3.05, 3.63) is 69.8 Å². The second kappa shape index (κ2) is 10.9. The quantitative estimate of drug-likeness (QED) is 0.422. The zero-order chi connectivity index (χ0) is 26.9. The first-order valence-electron chi connectivity index (χ1n) is 12.3. The number of carbonyl (C=O) groups is 1. The van der Waals surface area contributed by atoms with Crippen molar-refractivity contribution in [2.45, 2.75) is 19.6 Å². The molecule has 3 aromatic rings. The van der Waals surface area contributed by atoms with Crippen LogP contribution in [-0.4, -0.2) is 77.1 Å². The van der Waals surface area contributed by atoms with Crippen molar-refractivity contribution in [1.82, 2.24) is 19.6 Å². The molecule has 38 heavy (non-hydrogen) atoms. The van der Waals surface area contributed by atoms with Gasteiger partial charge in [-0.15, -0.1) is 0 Å². The number of aryl methyl sites for hydroxylation is 1. The van der Waals surface area contributed by atoms with Crippen molar-refractivity contribution in [3.8, 4) is 0 Å². The van der Waals surface area contributed by atoms with Crippen molar-refractivity contribution in [3.63, 3.8) is 0 Å². The van der Waals surface area contributed by atoms with E-state index in [1.807, 2.05) is 18.2 Å². The Bertz CT molecular complexity index is 1410. The van der Waals surface area contributed by atoms with Crippen LogP contribution in [0.25, 0.3) is 17.0 Å². The van der Waals surface area contributed by atoms with Gasteiger partial charge in [-0.3, -0.25) is 14.4 Å². The van der Waals surface area contributed by atoms with E-state index < -0.39 is 11.7 Å². The summed E-state index contributed by atoms with van der Waals surface area (Å²) in [5, 5.41) is 5.84. The number of amides is 1. The van der Waals surface area contributed by atoms with E-state index >= 15 is 0 Å². The molecule has 2 aromatic carbocycles. The number of nitrogens with zero attached hydrogens (tertiary/aromatic N) is 5. The van der Waals surface area contributed by atoms with Crippen molar-refractivity contribution in [2.24, 2.45) is 4.99 Å². The Hall–Kier alpha value is -3.15. The lowest BCUT2D eigenvalue weighted by atomic mass is 10.0. The third kappa shape index (κ3) is 5.79. The van der Waals surface area contributed by atoms with Gasteiger partial charge in [0.15, 0.2) is 5.17 Å². The molecule has 0 aliphatic carbocycles. The van der Waals surface area contributed by atoms with Gasteiger partial charge in [0, 0.05) is 45.2 Å². The van der Waals surface area contributed by atoms with Crippen LogP contribution in [0.5, 0.6) is 0 Å². The number of aliphatic imine (C=N–C) groups is 1. The number of amidine groups is 1. The van der Waals surface area contributed by atoms with E-state index in [2.05, 4.69) is 19.9 Å². The van der Waals surface area contributed by atoms with Gasteiger partial charge in [0.1, 0.15) is 0 Å². The van der Waals surface area contributed by atoms with Gasteiger partial charge in [-0.2, -0.15) is 23.3 Å². The molecule has 7 nitrogen and oxygen atoms in total. The molecular formula is C27H28F3N5O2S. The highest BCUT2D eigenvalue weighted by atomic mass is 32.2. The van der Waals surface area contributed by atoms with Gasteiger partial charge in [0.05, 0.1) is 35.3 Å². The van der Waals surface area contributed by atoms with E-state index in [0.29, 0.717) is 17.1 Å². The van der Waals surface area contributed by atoms with Gasteiger partial charge in [-0.25, -0.2) is 0 Å². The highest BCUT2D eigenvalue weighted by Gasteiger charge is 2.33. The topological polar surface area (TPSA) is 63.0 Å². The number of ether oxygens (including phenoxy) is 1. The number of thioether (sulfide) groups is 1. The van der Waals surface area contributed by atoms with Gasteiger partial charge >= 0.3 is 6.18 Å². The largest absolute Gasteiger partial charge is 0.416 e. The highest BCUT2D eigenvalue weighted by molar-refractivity contribution is 8.18. The molecule has 0 unspecified atom stereocenters. The minimum absolute atomic E-state index is 0.00330. The fourth-order valence-corrected chi connectivity index (χ4v) is 5.61. The molecule has 2 aliphatic heterocycles. The molecule has 200 valence electrons. The summed E-state index contributed by atoms with van der Waals surface area (Å²) >= 11 is 1.37. The minimum atomic E-state index is -4.44. The van der Waals surface area contributed by atoms with Crippen molar-refractivity contribution in [2.75, 3.05) is 46.4 Å². The Morgan fingerprint density at radius 1 is 1.11 bits per heavy atom. The monoisotopic (exact) mass is 543 g/mol. The number of aromatic nitrogens is 2. The summed E-state index contributed by atoms with van der Waals surface area (Å²) in [5.74, 6) is -0.262. The van der Waals surface area contributed by atoms with Gasteiger partial charge in [0.2, 0.25) is 0 Å². The van der Waals surface area contributed by atoms with Crippen molar-refractivity contribution in [1.29, 1.82) is 0 Å². The van der Waals surface area contributed by atoms with Crippen LogP contribution in [0.1, 0.15) is 22.3 Å². The summed E-state index contributed by atoms with van der Waals surface area (Å²) in [7, 11) is 1.70. The first kappa shape index (κ1) is 26.5. The summed E-state index contributed by atoms with van der Waals surface area (Å²) in [5.41, 5.74) is 1.59. The molecule has 3 heterocycles. The summed E-state index contributed by atoms with van der Waals surface area (Å²) in [6.07, 6.45) is -1.00. The maximum atomic E-state index is 13.6. The van der Waals surface area contributed by atoms with Gasteiger partial charge in [-0.1, -0.05) is 23.8 Å². The van der Waals surface area contributed by atoms with Crippen LogP contribution < -0.4 is 0 Å². The first-order valence-corrected chi connectivity index (χ1v) is 13.1. The number of benzene rings is 2. The number of hydrogen-bond acceptors (Lipinski definition) is 6. The predicted octanol–water partition coefficient (Wildman–Crippen LogP) is 4.65. The van der Waals surface area contributed by atoms with Gasteiger partial charge in [0.25, 0.3) is 5.91 Å². The van der Waals surface area contributed by atoms with Crippen LogP contribution in [-0.2, 0) is 22.3 Å². The number of alkyl halides is 3. The molecule has 11 heteroatoms. The molecule has 1 saturated heterocycles. The zero-order valence-electron chi connectivity index (χ0n) is 21.2. The Morgan fingerprint density at radius 3 is 2.63 bits per heavy atom. The number of methoxy groups -OCH3 is 1. The zero-order valence-corrected chi connectivity index (χ0v) is 22.0. The lowest BCUT2D eigenvalue weighted by Crippen LogP contribution is -2.48. The molecule has 0 bridgehead atoms. The van der Waals surface area contributed by atoms with Crippen molar-refractivity contribution < 1.29 is 22.7 Å². The SMILES string of the molecule is COCCN1CCN(C2=NC(=O)/C(=C/c3ccc4c(cnn4Cc4ccc(C)cc4C(F)(F)F)c3)S2)CC1. The van der Waals surface area contributed by atoms with Gasteiger partial charge in [-0.05, 0) is 54.1 Å². The second-order valence-corrected chi connectivity index (χ2v) is 10.4. The number of piperazine rings is 1. The minimum Gasteiger partial charge on any atom is -0.383 e. The normalized spacial score (nSPS) is 18.1. The number of fused-ring (bicyclic) bond motifs is 1. The molecule has 1 amide bonds. The maximum Gasteiger partial charge on any atom is 0.416 e. The van der Waals surface area contributed by atoms with E-state index in [0.717, 1.165) is 54.4 Å². The lowest BCUT2D eigenvalue weighted by Gasteiger charge is -2.35. The first-order chi connectivity index (χ1) is 18.2. The molecule has 0 N–H and O–H groups in total. The molecular weight excluding hydrogens is 515 g/mol. The Balaban J connectivity index is 1.29.